The maximum absolute atomic E-state index is 12.0. The summed E-state index contributed by atoms with van der Waals surface area (Å²) in [6.07, 6.45) is 3.87. The summed E-state index contributed by atoms with van der Waals surface area (Å²) in [5, 5.41) is 37.0. The van der Waals surface area contributed by atoms with Gasteiger partial charge in [0, 0.05) is 0 Å². The number of cyclic esters (lactones) is 1. The largest absolute Gasteiger partial charge is 0.484 e. The third-order valence-electron chi connectivity index (χ3n) is 4.34. The highest BCUT2D eigenvalue weighted by atomic mass is 16.6. The topological polar surface area (TPSA) is 143 Å². The Morgan fingerprint density at radius 2 is 1.64 bits per heavy atom. The molecule has 1 aliphatic rings. The Bertz CT molecular complexity index is 518. The van der Waals surface area contributed by atoms with E-state index >= 15 is 0 Å². The summed E-state index contributed by atoms with van der Waals surface area (Å²) >= 11 is 0. The lowest BCUT2D eigenvalue weighted by atomic mass is 10.1. The highest BCUT2D eigenvalue weighted by Gasteiger charge is 2.43. The van der Waals surface area contributed by atoms with Crippen LogP contribution < -0.4 is 0 Å². The van der Waals surface area contributed by atoms with E-state index in [4.69, 9.17) is 24.4 Å². The van der Waals surface area contributed by atoms with Gasteiger partial charge in [-0.3, -0.25) is 0 Å². The Labute approximate surface area is 164 Å². The number of carbonyl (C=O) groups is 2. The minimum atomic E-state index is -1.82. The lowest BCUT2D eigenvalue weighted by molar-refractivity contribution is -0.157. The fourth-order valence-electron chi connectivity index (χ4n) is 2.70. The molecule has 0 bridgehead atoms. The van der Waals surface area contributed by atoms with E-state index in [2.05, 4.69) is 6.92 Å². The molecule has 28 heavy (non-hydrogen) atoms. The molecule has 1 unspecified atom stereocenters. The van der Waals surface area contributed by atoms with Crippen LogP contribution in [-0.2, 0) is 23.8 Å². The van der Waals surface area contributed by atoms with Crippen molar-refractivity contribution in [3.63, 3.8) is 0 Å². The molecule has 0 aromatic carbocycles. The van der Waals surface area contributed by atoms with Gasteiger partial charge in [0.15, 0.2) is 12.2 Å². The smallest absolute Gasteiger partial charge is 0.378 e. The highest BCUT2D eigenvalue weighted by molar-refractivity contribution is 5.90. The van der Waals surface area contributed by atoms with E-state index < -0.39 is 49.2 Å². The Morgan fingerprint density at radius 3 is 2.21 bits per heavy atom. The van der Waals surface area contributed by atoms with Crippen LogP contribution in [0, 0.1) is 0 Å². The van der Waals surface area contributed by atoms with Gasteiger partial charge < -0.3 is 34.6 Å². The number of aliphatic hydroxyl groups is 4. The molecule has 0 amide bonds. The first-order valence-electron chi connectivity index (χ1n) is 9.83. The molecule has 1 rings (SSSR count). The van der Waals surface area contributed by atoms with Crippen molar-refractivity contribution in [2.24, 2.45) is 0 Å². The summed E-state index contributed by atoms with van der Waals surface area (Å²) in [6.45, 7) is 0.737. The van der Waals surface area contributed by atoms with Gasteiger partial charge in [0.1, 0.15) is 6.10 Å². The molecule has 0 saturated heterocycles. The normalized spacial score (nSPS) is 18.8. The van der Waals surface area contributed by atoms with Crippen LogP contribution in [0.3, 0.4) is 0 Å². The average Bonchev–Trinajstić information content (AvgIpc) is 3.00. The van der Waals surface area contributed by atoms with Gasteiger partial charge in [0.2, 0.25) is 11.5 Å². The SMILES string of the molecule is CCCCCCCCCCOC1=C(OC(=O)C(O)CO)[C@@H]([C@@H](O)CO)OC1=O. The van der Waals surface area contributed by atoms with Gasteiger partial charge in [-0.2, -0.15) is 0 Å². The maximum atomic E-state index is 12.0. The molecule has 9 heteroatoms. The van der Waals surface area contributed by atoms with Crippen molar-refractivity contribution in [1.82, 2.24) is 0 Å². The van der Waals surface area contributed by atoms with Gasteiger partial charge in [-0.15, -0.1) is 0 Å². The van der Waals surface area contributed by atoms with E-state index in [1.165, 1.54) is 25.7 Å². The number of carbonyl (C=O) groups excluding carboxylic acids is 2. The number of esters is 2. The van der Waals surface area contributed by atoms with E-state index in [0.717, 1.165) is 19.3 Å². The van der Waals surface area contributed by atoms with Crippen LogP contribution in [0.4, 0.5) is 0 Å². The van der Waals surface area contributed by atoms with E-state index in [0.29, 0.717) is 6.42 Å². The Balaban J connectivity index is 2.59. The molecular weight excluding hydrogens is 372 g/mol. The average molecular weight is 404 g/mol. The van der Waals surface area contributed by atoms with Crippen LogP contribution >= 0.6 is 0 Å². The molecule has 0 aromatic heterocycles. The van der Waals surface area contributed by atoms with Crippen LogP contribution in [0.15, 0.2) is 11.5 Å². The maximum Gasteiger partial charge on any atom is 0.378 e. The third-order valence-corrected chi connectivity index (χ3v) is 4.34. The first kappa shape index (κ1) is 24.4. The number of aliphatic hydroxyl groups excluding tert-OH is 4. The first-order chi connectivity index (χ1) is 13.5. The van der Waals surface area contributed by atoms with Gasteiger partial charge in [-0.1, -0.05) is 51.9 Å². The Kier molecular flexibility index (Phi) is 11.7. The van der Waals surface area contributed by atoms with Gasteiger partial charge in [0.05, 0.1) is 19.8 Å². The van der Waals surface area contributed by atoms with Crippen LogP contribution in [0.2, 0.25) is 0 Å². The van der Waals surface area contributed by atoms with Crippen molar-refractivity contribution < 1.29 is 44.2 Å². The Hall–Kier alpha value is -1.68. The van der Waals surface area contributed by atoms with E-state index in [1.807, 2.05) is 0 Å². The molecule has 0 aliphatic carbocycles. The fourth-order valence-corrected chi connectivity index (χ4v) is 2.70. The monoisotopic (exact) mass is 404 g/mol. The molecule has 1 aliphatic heterocycles. The molecule has 0 spiro atoms. The van der Waals surface area contributed by atoms with Crippen molar-refractivity contribution in [2.75, 3.05) is 19.8 Å². The van der Waals surface area contributed by atoms with Crippen LogP contribution in [-0.4, -0.2) is 70.5 Å². The molecule has 162 valence electrons. The minimum absolute atomic E-state index is 0.185. The summed E-state index contributed by atoms with van der Waals surface area (Å²) in [6, 6.07) is 0. The predicted octanol–water partition coefficient (Wildman–Crippen LogP) is 0.530. The zero-order chi connectivity index (χ0) is 20.9. The lowest BCUT2D eigenvalue weighted by Gasteiger charge is -2.18. The third kappa shape index (κ3) is 7.75. The standard InChI is InChI=1S/C19H32O9/c1-2-3-4-5-6-7-8-9-10-26-17-16(28-18(24)14(23)12-21)15(13(22)11-20)27-19(17)25/h13-15,20-23H,2-12H2,1H3/t13-,14?,15+/m0/s1. The molecule has 1 heterocycles. The second-order valence-electron chi connectivity index (χ2n) is 6.71. The molecule has 4 N–H and O–H groups in total. The summed E-state index contributed by atoms with van der Waals surface area (Å²) in [5.41, 5.74) is 0. The number of rotatable bonds is 15. The van der Waals surface area contributed by atoms with Crippen LogP contribution in [0.25, 0.3) is 0 Å². The van der Waals surface area contributed by atoms with E-state index in [1.54, 1.807) is 0 Å². The quantitative estimate of drug-likeness (QED) is 0.227. The predicted molar refractivity (Wildman–Crippen MR) is 97.7 cm³/mol. The second kappa shape index (κ2) is 13.5. The van der Waals surface area contributed by atoms with Crippen molar-refractivity contribution in [3.05, 3.63) is 11.5 Å². The molecule has 0 aromatic rings. The van der Waals surface area contributed by atoms with Crippen molar-refractivity contribution >= 4 is 11.9 Å². The zero-order valence-corrected chi connectivity index (χ0v) is 16.3. The molecule has 3 atom stereocenters. The van der Waals surface area contributed by atoms with Crippen LogP contribution in [0.1, 0.15) is 58.3 Å². The number of hydrogen-bond donors (Lipinski definition) is 4. The summed E-state index contributed by atoms with van der Waals surface area (Å²) < 4.78 is 15.2. The second-order valence-corrected chi connectivity index (χ2v) is 6.71. The molecular formula is C19H32O9. The molecule has 0 saturated carbocycles. The summed E-state index contributed by atoms with van der Waals surface area (Å²) in [7, 11) is 0. The number of unbranched alkanes of at least 4 members (excludes halogenated alkanes) is 7. The highest BCUT2D eigenvalue weighted by Crippen LogP contribution is 2.28. The van der Waals surface area contributed by atoms with Gasteiger partial charge in [-0.25, -0.2) is 9.59 Å². The zero-order valence-electron chi connectivity index (χ0n) is 16.3. The first-order valence-corrected chi connectivity index (χ1v) is 9.83. The lowest BCUT2D eigenvalue weighted by Crippen LogP contribution is -2.35. The van der Waals surface area contributed by atoms with E-state index in [-0.39, 0.29) is 12.4 Å². The minimum Gasteiger partial charge on any atom is -0.484 e. The van der Waals surface area contributed by atoms with Gasteiger partial charge in [-0.05, 0) is 6.42 Å². The van der Waals surface area contributed by atoms with Crippen molar-refractivity contribution in [2.45, 2.75) is 76.6 Å². The number of hydrogen-bond acceptors (Lipinski definition) is 9. The molecule has 0 radical (unpaired) electrons. The van der Waals surface area contributed by atoms with Crippen molar-refractivity contribution in [3.8, 4) is 0 Å². The van der Waals surface area contributed by atoms with Gasteiger partial charge >= 0.3 is 11.9 Å². The number of ether oxygens (including phenoxy) is 3. The Morgan fingerprint density at radius 1 is 1.04 bits per heavy atom. The fraction of sp³-hybridized carbons (Fsp3) is 0.789. The molecule has 9 nitrogen and oxygen atoms in total. The van der Waals surface area contributed by atoms with Crippen LogP contribution in [0.5, 0.6) is 0 Å². The van der Waals surface area contributed by atoms with Crippen molar-refractivity contribution in [1.29, 1.82) is 0 Å². The van der Waals surface area contributed by atoms with E-state index in [9.17, 15) is 19.8 Å². The summed E-state index contributed by atoms with van der Waals surface area (Å²) in [4.78, 5) is 23.7. The van der Waals surface area contributed by atoms with Gasteiger partial charge in [0.25, 0.3) is 0 Å². The summed E-state index contributed by atoms with van der Waals surface area (Å²) in [5.74, 6) is -2.94. The molecule has 0 fully saturated rings.